The highest BCUT2D eigenvalue weighted by Gasteiger charge is 2.17. The van der Waals surface area contributed by atoms with Crippen molar-refractivity contribution in [2.45, 2.75) is 27.4 Å². The van der Waals surface area contributed by atoms with Gasteiger partial charge in [0.15, 0.2) is 0 Å². The molecule has 164 valence electrons. The molecular weight excluding hydrogens is 390 g/mol. The molecule has 0 saturated heterocycles. The van der Waals surface area contributed by atoms with E-state index in [1.165, 1.54) is 5.57 Å². The van der Waals surface area contributed by atoms with Gasteiger partial charge in [-0.2, -0.15) is 0 Å². The summed E-state index contributed by atoms with van der Waals surface area (Å²) >= 11 is 0. The summed E-state index contributed by atoms with van der Waals surface area (Å²) in [6, 6.07) is 14.2. The summed E-state index contributed by atoms with van der Waals surface area (Å²) in [4.78, 5) is 4.60. The van der Waals surface area contributed by atoms with Gasteiger partial charge in [-0.3, -0.25) is 4.99 Å². The standard InChI is InChI=1S/C22H21NO.C8H12/c1-3-9-19-18(4-2)13-14-21(22(19)20-12-8-15-23-20)24-16-17-10-6-5-7-11-17;1-4-5-6-7-8(2)3/h3-14H,2,15-16H2,1H3;4-7H,1H2,2-3H3/b9-3-;6-5-. The molecule has 2 heteroatoms. The van der Waals surface area contributed by atoms with Crippen LogP contribution in [-0.4, -0.2) is 12.3 Å². The monoisotopic (exact) mass is 423 g/mol. The fourth-order valence-corrected chi connectivity index (χ4v) is 3.12. The molecule has 2 aromatic rings. The average molecular weight is 424 g/mol. The van der Waals surface area contributed by atoms with Crippen molar-refractivity contribution in [3.63, 3.8) is 0 Å². The molecule has 2 nitrogen and oxygen atoms in total. The minimum absolute atomic E-state index is 0.535. The van der Waals surface area contributed by atoms with Crippen molar-refractivity contribution < 1.29 is 4.74 Å². The maximum atomic E-state index is 6.14. The van der Waals surface area contributed by atoms with Crippen molar-refractivity contribution in [3.8, 4) is 5.75 Å². The van der Waals surface area contributed by atoms with Crippen LogP contribution in [-0.2, 0) is 6.61 Å². The molecule has 1 heterocycles. The molecule has 0 N–H and O–H groups in total. The lowest BCUT2D eigenvalue weighted by atomic mass is 9.96. The Kier molecular flexibility index (Phi) is 10.5. The molecule has 0 unspecified atom stereocenters. The Morgan fingerprint density at radius 3 is 2.44 bits per heavy atom. The Morgan fingerprint density at radius 1 is 1.06 bits per heavy atom. The maximum Gasteiger partial charge on any atom is 0.129 e. The number of ether oxygens (including phenoxy) is 1. The second kappa shape index (κ2) is 13.6. The van der Waals surface area contributed by atoms with Crippen molar-refractivity contribution in [2.75, 3.05) is 6.54 Å². The highest BCUT2D eigenvalue weighted by atomic mass is 16.5. The van der Waals surface area contributed by atoms with E-state index in [1.54, 1.807) is 6.08 Å². The van der Waals surface area contributed by atoms with Gasteiger partial charge in [-0.25, -0.2) is 0 Å². The summed E-state index contributed by atoms with van der Waals surface area (Å²) < 4.78 is 6.14. The molecule has 0 aliphatic carbocycles. The van der Waals surface area contributed by atoms with Crippen molar-refractivity contribution >= 4 is 17.9 Å². The lowest BCUT2D eigenvalue weighted by molar-refractivity contribution is 0.305. The topological polar surface area (TPSA) is 21.6 Å². The first-order chi connectivity index (χ1) is 15.6. The van der Waals surface area contributed by atoms with Crippen LogP contribution in [0, 0.1) is 0 Å². The van der Waals surface area contributed by atoms with Crippen LogP contribution in [0.15, 0.2) is 109 Å². The number of hydrogen-bond acceptors (Lipinski definition) is 2. The molecule has 1 aliphatic rings. The summed E-state index contributed by atoms with van der Waals surface area (Å²) in [6.07, 6.45) is 17.8. The largest absolute Gasteiger partial charge is 0.488 e. The first-order valence-electron chi connectivity index (χ1n) is 10.8. The van der Waals surface area contributed by atoms with Crippen LogP contribution in [0.25, 0.3) is 12.2 Å². The molecule has 0 saturated carbocycles. The Labute approximate surface area is 193 Å². The van der Waals surface area contributed by atoms with Gasteiger partial charge in [-0.15, -0.1) is 0 Å². The van der Waals surface area contributed by atoms with Crippen molar-refractivity contribution in [3.05, 3.63) is 126 Å². The summed E-state index contributed by atoms with van der Waals surface area (Å²) in [7, 11) is 0. The average Bonchev–Trinajstić information content (AvgIpc) is 3.33. The van der Waals surface area contributed by atoms with Gasteiger partial charge in [0.1, 0.15) is 12.4 Å². The smallest absolute Gasteiger partial charge is 0.129 e. The summed E-state index contributed by atoms with van der Waals surface area (Å²) in [5.74, 6) is 0.850. The molecule has 0 radical (unpaired) electrons. The van der Waals surface area contributed by atoms with Crippen LogP contribution in [0.5, 0.6) is 5.75 Å². The highest BCUT2D eigenvalue weighted by Crippen LogP contribution is 2.30. The number of hydrogen-bond donors (Lipinski definition) is 0. The van der Waals surface area contributed by atoms with Crippen LogP contribution in [0.3, 0.4) is 0 Å². The third kappa shape index (κ3) is 7.55. The van der Waals surface area contributed by atoms with Gasteiger partial charge in [0.2, 0.25) is 0 Å². The zero-order valence-electron chi connectivity index (χ0n) is 19.4. The summed E-state index contributed by atoms with van der Waals surface area (Å²) in [6.45, 7) is 14.9. The fourth-order valence-electron chi connectivity index (χ4n) is 3.12. The molecule has 1 aliphatic heterocycles. The minimum Gasteiger partial charge on any atom is -0.488 e. The third-order valence-corrected chi connectivity index (χ3v) is 4.61. The van der Waals surface area contributed by atoms with E-state index in [0.29, 0.717) is 6.61 Å². The third-order valence-electron chi connectivity index (χ3n) is 4.61. The van der Waals surface area contributed by atoms with E-state index < -0.39 is 0 Å². The first kappa shape index (κ1) is 24.6. The van der Waals surface area contributed by atoms with Gasteiger partial charge < -0.3 is 4.74 Å². The lowest BCUT2D eigenvalue weighted by Crippen LogP contribution is -2.06. The Morgan fingerprint density at radius 2 is 1.84 bits per heavy atom. The van der Waals surface area contributed by atoms with E-state index in [1.807, 2.05) is 67.6 Å². The van der Waals surface area contributed by atoms with E-state index in [0.717, 1.165) is 40.3 Å². The van der Waals surface area contributed by atoms with Gasteiger partial charge in [-0.1, -0.05) is 104 Å². The van der Waals surface area contributed by atoms with Crippen molar-refractivity contribution in [1.82, 2.24) is 0 Å². The highest BCUT2D eigenvalue weighted by molar-refractivity contribution is 6.14. The van der Waals surface area contributed by atoms with Gasteiger partial charge in [0.25, 0.3) is 0 Å². The molecule has 32 heavy (non-hydrogen) atoms. The zero-order valence-corrected chi connectivity index (χ0v) is 19.4. The van der Waals surface area contributed by atoms with E-state index in [9.17, 15) is 0 Å². The minimum atomic E-state index is 0.535. The van der Waals surface area contributed by atoms with E-state index in [-0.39, 0.29) is 0 Å². The first-order valence-corrected chi connectivity index (χ1v) is 10.8. The van der Waals surface area contributed by atoms with Gasteiger partial charge in [0.05, 0.1) is 12.3 Å². The maximum absolute atomic E-state index is 6.14. The lowest BCUT2D eigenvalue weighted by Gasteiger charge is -2.16. The second-order valence-electron chi connectivity index (χ2n) is 7.41. The zero-order chi connectivity index (χ0) is 23.2. The van der Waals surface area contributed by atoms with Gasteiger partial charge in [0, 0.05) is 5.56 Å². The second-order valence-corrected chi connectivity index (χ2v) is 7.41. The number of nitrogens with zero attached hydrogens (tertiary/aromatic N) is 1. The predicted octanol–water partition coefficient (Wildman–Crippen LogP) is 8.00. The van der Waals surface area contributed by atoms with Crippen molar-refractivity contribution in [1.29, 1.82) is 0 Å². The van der Waals surface area contributed by atoms with Crippen LogP contribution >= 0.6 is 0 Å². The van der Waals surface area contributed by atoms with Crippen LogP contribution in [0.4, 0.5) is 0 Å². The quantitative estimate of drug-likeness (QED) is 0.394. The van der Waals surface area contributed by atoms with E-state index in [2.05, 4.69) is 62.4 Å². The van der Waals surface area contributed by atoms with Crippen LogP contribution < -0.4 is 4.74 Å². The fraction of sp³-hybridized carbons (Fsp3) is 0.167. The van der Waals surface area contributed by atoms with Crippen LogP contribution in [0.2, 0.25) is 0 Å². The summed E-state index contributed by atoms with van der Waals surface area (Å²) in [5.41, 5.74) is 6.64. The molecule has 0 spiro atoms. The Hall–Kier alpha value is -3.65. The van der Waals surface area contributed by atoms with E-state index >= 15 is 0 Å². The molecule has 0 bridgehead atoms. The normalized spacial score (nSPS) is 12.3. The Bertz CT molecular complexity index is 1050. The van der Waals surface area contributed by atoms with Crippen LogP contribution in [0.1, 0.15) is 43.0 Å². The molecular formula is C30H33NO. The number of benzene rings is 2. The van der Waals surface area contributed by atoms with Gasteiger partial charge in [-0.05, 0) is 49.6 Å². The molecule has 0 fully saturated rings. The molecule has 0 aromatic heterocycles. The number of allylic oxidation sites excluding steroid dienone is 7. The molecule has 0 atom stereocenters. The number of rotatable bonds is 8. The molecule has 3 rings (SSSR count). The van der Waals surface area contributed by atoms with Crippen molar-refractivity contribution in [2.24, 2.45) is 4.99 Å². The summed E-state index contributed by atoms with van der Waals surface area (Å²) in [5, 5.41) is 0. The molecule has 2 aromatic carbocycles. The Balaban J connectivity index is 0.000000390. The number of aliphatic imine (C=N–C) groups is 1. The van der Waals surface area contributed by atoms with Gasteiger partial charge >= 0.3 is 0 Å². The van der Waals surface area contributed by atoms with E-state index in [4.69, 9.17) is 4.74 Å². The molecule has 0 amide bonds. The predicted molar refractivity (Wildman–Crippen MR) is 141 cm³/mol. The SMILES string of the molecule is C=C/C=C\C=C(C)C.C=Cc1ccc(OCc2ccccc2)c(C2=NCC=C2)c1/C=C\C.